The van der Waals surface area contributed by atoms with Gasteiger partial charge in [0.25, 0.3) is 5.91 Å². The second kappa shape index (κ2) is 9.28. The average molecular weight is 388 g/mol. The van der Waals surface area contributed by atoms with Crippen LogP contribution in [0.25, 0.3) is 0 Å². The van der Waals surface area contributed by atoms with Crippen molar-refractivity contribution in [3.8, 4) is 6.07 Å². The third-order valence-electron chi connectivity index (χ3n) is 3.85. The molecular weight excluding hydrogens is 369 g/mol. The molecule has 2 aromatic carbocycles. The van der Waals surface area contributed by atoms with Crippen LogP contribution in [0.1, 0.15) is 31.0 Å². The summed E-state index contributed by atoms with van der Waals surface area (Å²) in [5.74, 6) is -0.458. The zero-order chi connectivity index (χ0) is 19.1. The molecule has 2 aromatic rings. The van der Waals surface area contributed by atoms with Gasteiger partial charge in [-0.25, -0.2) is 0 Å². The minimum Gasteiger partial charge on any atom is -0.360 e. The SMILES string of the molecule is CCc1ccc(C(C)NC(=O)/C(C#N)=C\Nc2cc(Cl)cc(Cl)c2)cc1. The van der Waals surface area contributed by atoms with Crippen molar-refractivity contribution in [3.63, 3.8) is 0 Å². The summed E-state index contributed by atoms with van der Waals surface area (Å²) in [4.78, 5) is 12.3. The molecule has 1 amide bonds. The number of hydrogen-bond acceptors (Lipinski definition) is 3. The molecule has 0 aliphatic rings. The molecule has 0 aromatic heterocycles. The summed E-state index contributed by atoms with van der Waals surface area (Å²) < 4.78 is 0. The fraction of sp³-hybridized carbons (Fsp3) is 0.200. The van der Waals surface area contributed by atoms with Gasteiger partial charge in [0, 0.05) is 21.9 Å². The predicted molar refractivity (Wildman–Crippen MR) is 106 cm³/mol. The van der Waals surface area contributed by atoms with Gasteiger partial charge in [0.2, 0.25) is 0 Å². The number of nitriles is 1. The van der Waals surface area contributed by atoms with Gasteiger partial charge in [-0.15, -0.1) is 0 Å². The Hall–Kier alpha value is -2.48. The van der Waals surface area contributed by atoms with Crippen LogP contribution in [-0.2, 0) is 11.2 Å². The first kappa shape index (κ1) is 19.8. The van der Waals surface area contributed by atoms with Crippen LogP contribution in [0.5, 0.6) is 0 Å². The highest BCUT2D eigenvalue weighted by Gasteiger charge is 2.13. The Morgan fingerprint density at radius 1 is 1.19 bits per heavy atom. The van der Waals surface area contributed by atoms with Gasteiger partial charge in [-0.3, -0.25) is 4.79 Å². The maximum Gasteiger partial charge on any atom is 0.263 e. The highest BCUT2D eigenvalue weighted by molar-refractivity contribution is 6.35. The van der Waals surface area contributed by atoms with E-state index in [1.165, 1.54) is 11.8 Å². The Bertz CT molecular complexity index is 834. The van der Waals surface area contributed by atoms with Crippen LogP contribution in [-0.4, -0.2) is 5.91 Å². The van der Waals surface area contributed by atoms with Crippen molar-refractivity contribution in [1.82, 2.24) is 5.32 Å². The largest absolute Gasteiger partial charge is 0.360 e. The third kappa shape index (κ3) is 5.52. The van der Waals surface area contributed by atoms with Crippen molar-refractivity contribution >= 4 is 34.8 Å². The Morgan fingerprint density at radius 2 is 1.81 bits per heavy atom. The average Bonchev–Trinajstić information content (AvgIpc) is 2.61. The number of amides is 1. The van der Waals surface area contributed by atoms with E-state index in [4.69, 9.17) is 23.2 Å². The molecule has 4 nitrogen and oxygen atoms in total. The van der Waals surface area contributed by atoms with E-state index in [0.717, 1.165) is 12.0 Å². The highest BCUT2D eigenvalue weighted by Crippen LogP contribution is 2.22. The molecule has 134 valence electrons. The topological polar surface area (TPSA) is 64.9 Å². The normalized spacial score (nSPS) is 12.2. The smallest absolute Gasteiger partial charge is 0.263 e. The van der Waals surface area contributed by atoms with Gasteiger partial charge in [-0.05, 0) is 42.7 Å². The van der Waals surface area contributed by atoms with Crippen molar-refractivity contribution in [2.45, 2.75) is 26.3 Å². The number of rotatable bonds is 6. The van der Waals surface area contributed by atoms with Gasteiger partial charge in [-0.1, -0.05) is 54.4 Å². The molecule has 0 aliphatic carbocycles. The summed E-state index contributed by atoms with van der Waals surface area (Å²) in [6, 6.07) is 14.6. The molecule has 2 rings (SSSR count). The fourth-order valence-corrected chi connectivity index (χ4v) is 2.87. The Kier molecular flexibility index (Phi) is 7.08. The van der Waals surface area contributed by atoms with Crippen molar-refractivity contribution in [1.29, 1.82) is 5.26 Å². The first-order valence-electron chi connectivity index (χ1n) is 8.15. The number of hydrogen-bond donors (Lipinski definition) is 2. The number of carbonyl (C=O) groups is 1. The number of halogens is 2. The molecule has 0 aliphatic heterocycles. The molecule has 26 heavy (non-hydrogen) atoms. The first-order valence-corrected chi connectivity index (χ1v) is 8.91. The number of benzene rings is 2. The van der Waals surface area contributed by atoms with Crippen molar-refractivity contribution in [3.05, 3.63) is 75.4 Å². The van der Waals surface area contributed by atoms with E-state index in [0.29, 0.717) is 15.7 Å². The standard InChI is InChI=1S/C20H19Cl2N3O/c1-3-14-4-6-15(7-5-14)13(2)25-20(26)16(11-23)12-24-19-9-17(21)8-18(22)10-19/h4-10,12-13,24H,3H2,1-2H3,(H,25,26)/b16-12-. The molecule has 0 saturated carbocycles. The van der Waals surface area contributed by atoms with E-state index in [2.05, 4.69) is 17.6 Å². The van der Waals surface area contributed by atoms with Gasteiger partial charge in [0.1, 0.15) is 11.6 Å². The Balaban J connectivity index is 2.06. The maximum atomic E-state index is 12.3. The molecule has 2 N–H and O–H groups in total. The second-order valence-corrected chi connectivity index (χ2v) is 6.64. The lowest BCUT2D eigenvalue weighted by molar-refractivity contribution is -0.117. The van der Waals surface area contributed by atoms with E-state index in [1.807, 2.05) is 37.3 Å². The van der Waals surface area contributed by atoms with Crippen LogP contribution in [0.4, 0.5) is 5.69 Å². The maximum absolute atomic E-state index is 12.3. The lowest BCUT2D eigenvalue weighted by Gasteiger charge is -2.14. The number of anilines is 1. The Morgan fingerprint density at radius 3 is 2.35 bits per heavy atom. The summed E-state index contributed by atoms with van der Waals surface area (Å²) in [6.07, 6.45) is 2.30. The van der Waals surface area contributed by atoms with Crippen molar-refractivity contribution in [2.24, 2.45) is 0 Å². The molecule has 6 heteroatoms. The van der Waals surface area contributed by atoms with Crippen LogP contribution >= 0.6 is 23.2 Å². The molecule has 0 radical (unpaired) electrons. The highest BCUT2D eigenvalue weighted by atomic mass is 35.5. The number of aryl methyl sites for hydroxylation is 1. The van der Waals surface area contributed by atoms with E-state index < -0.39 is 5.91 Å². The van der Waals surface area contributed by atoms with Crippen LogP contribution in [0.2, 0.25) is 10.0 Å². The van der Waals surface area contributed by atoms with E-state index in [1.54, 1.807) is 18.2 Å². The minimum absolute atomic E-state index is 0.0434. The van der Waals surface area contributed by atoms with Crippen LogP contribution in [0.3, 0.4) is 0 Å². The zero-order valence-corrected chi connectivity index (χ0v) is 16.0. The lowest BCUT2D eigenvalue weighted by atomic mass is 10.0. The van der Waals surface area contributed by atoms with Gasteiger partial charge < -0.3 is 10.6 Å². The summed E-state index contributed by atoms with van der Waals surface area (Å²) in [5, 5.41) is 15.9. The monoisotopic (exact) mass is 387 g/mol. The fourth-order valence-electron chi connectivity index (χ4n) is 2.34. The van der Waals surface area contributed by atoms with Gasteiger partial charge in [0.05, 0.1) is 6.04 Å². The summed E-state index contributed by atoms with van der Waals surface area (Å²) in [7, 11) is 0. The van der Waals surface area contributed by atoms with Crippen molar-refractivity contribution in [2.75, 3.05) is 5.32 Å². The third-order valence-corrected chi connectivity index (χ3v) is 4.28. The van der Waals surface area contributed by atoms with Gasteiger partial charge >= 0.3 is 0 Å². The quantitative estimate of drug-likeness (QED) is 0.525. The summed E-state index contributed by atoms with van der Waals surface area (Å²) in [5.41, 5.74) is 2.75. The van der Waals surface area contributed by atoms with Crippen molar-refractivity contribution < 1.29 is 4.79 Å². The number of nitrogens with one attached hydrogen (secondary N) is 2. The first-order chi connectivity index (χ1) is 12.4. The molecule has 0 saturated heterocycles. The number of carbonyl (C=O) groups excluding carboxylic acids is 1. The van der Waals surface area contributed by atoms with Gasteiger partial charge in [-0.2, -0.15) is 5.26 Å². The van der Waals surface area contributed by atoms with Crippen LogP contribution in [0.15, 0.2) is 54.2 Å². The second-order valence-electron chi connectivity index (χ2n) is 5.76. The minimum atomic E-state index is -0.458. The molecule has 1 atom stereocenters. The lowest BCUT2D eigenvalue weighted by Crippen LogP contribution is -2.28. The van der Waals surface area contributed by atoms with Gasteiger partial charge in [0.15, 0.2) is 0 Å². The number of nitrogens with zero attached hydrogens (tertiary/aromatic N) is 1. The predicted octanol–water partition coefficient (Wildman–Crippen LogP) is 5.25. The molecule has 1 unspecified atom stereocenters. The molecular formula is C20H19Cl2N3O. The van der Waals surface area contributed by atoms with Crippen LogP contribution < -0.4 is 10.6 Å². The Labute approximate surface area is 163 Å². The van der Waals surface area contributed by atoms with E-state index >= 15 is 0 Å². The van der Waals surface area contributed by atoms with Crippen LogP contribution in [0, 0.1) is 11.3 Å². The van der Waals surface area contributed by atoms with E-state index in [-0.39, 0.29) is 11.6 Å². The summed E-state index contributed by atoms with van der Waals surface area (Å²) in [6.45, 7) is 3.96. The summed E-state index contributed by atoms with van der Waals surface area (Å²) >= 11 is 11.9. The molecule has 0 spiro atoms. The van der Waals surface area contributed by atoms with E-state index in [9.17, 15) is 10.1 Å². The molecule has 0 fully saturated rings. The molecule has 0 heterocycles. The zero-order valence-electron chi connectivity index (χ0n) is 14.5. The molecule has 0 bridgehead atoms.